The summed E-state index contributed by atoms with van der Waals surface area (Å²) in [4.78, 5) is 32.4. The Bertz CT molecular complexity index is 890. The Kier molecular flexibility index (Phi) is 4.73. The molecule has 2 atom stereocenters. The number of carbonyl (C=O) groups excluding carboxylic acids is 2. The monoisotopic (exact) mass is 389 g/mol. The number of ether oxygens (including phenoxy) is 1. The van der Waals surface area contributed by atoms with Gasteiger partial charge in [0.1, 0.15) is 0 Å². The first-order chi connectivity index (χ1) is 13.0. The zero-order valence-electron chi connectivity index (χ0n) is 15.7. The SMILES string of the molecule is COC[C@H](C)N1C[C@@H](C(=O)Nc2nc3c(s2)CCc2c-3cnn2C)CC1=O. The summed E-state index contributed by atoms with van der Waals surface area (Å²) in [5, 5.41) is 7.84. The molecule has 2 aliphatic rings. The molecule has 9 heteroatoms. The molecule has 1 aliphatic heterocycles. The first-order valence-corrected chi connectivity index (χ1v) is 9.89. The topological polar surface area (TPSA) is 89.3 Å². The largest absolute Gasteiger partial charge is 0.383 e. The molecule has 8 nitrogen and oxygen atoms in total. The number of nitrogens with one attached hydrogen (secondary N) is 1. The minimum Gasteiger partial charge on any atom is -0.383 e. The maximum absolute atomic E-state index is 12.7. The summed E-state index contributed by atoms with van der Waals surface area (Å²) in [6, 6.07) is -0.0310. The van der Waals surface area contributed by atoms with Gasteiger partial charge < -0.3 is 15.0 Å². The van der Waals surface area contributed by atoms with Crippen molar-refractivity contribution in [3.63, 3.8) is 0 Å². The number of carbonyl (C=O) groups is 2. The standard InChI is InChI=1S/C18H23N5O3S/c1-10(9-26-3)23-8-11(6-15(23)24)17(25)21-18-20-16-12-7-19-22(2)13(12)4-5-14(16)27-18/h7,10-11H,4-6,8-9H2,1-3H3,(H,20,21,25)/t10-,11-/m0/s1. The highest BCUT2D eigenvalue weighted by molar-refractivity contribution is 7.16. The molecule has 1 fully saturated rings. The van der Waals surface area contributed by atoms with E-state index in [1.165, 1.54) is 21.9 Å². The minimum atomic E-state index is -0.355. The van der Waals surface area contributed by atoms with Crippen LogP contribution in [0, 0.1) is 5.92 Å². The van der Waals surface area contributed by atoms with Crippen LogP contribution in [0.25, 0.3) is 11.3 Å². The van der Waals surface area contributed by atoms with Crippen molar-refractivity contribution in [1.82, 2.24) is 19.7 Å². The van der Waals surface area contributed by atoms with Crippen molar-refractivity contribution < 1.29 is 14.3 Å². The first-order valence-electron chi connectivity index (χ1n) is 9.08. The molecule has 0 aromatic carbocycles. The predicted molar refractivity (Wildman–Crippen MR) is 102 cm³/mol. The Morgan fingerprint density at radius 2 is 2.30 bits per heavy atom. The number of amides is 2. The van der Waals surface area contributed by atoms with Crippen molar-refractivity contribution in [3.8, 4) is 11.3 Å². The number of hydrogen-bond acceptors (Lipinski definition) is 6. The zero-order valence-corrected chi connectivity index (χ0v) is 16.5. The molecule has 4 rings (SSSR count). The lowest BCUT2D eigenvalue weighted by atomic mass is 10.0. The van der Waals surface area contributed by atoms with Gasteiger partial charge in [-0.1, -0.05) is 0 Å². The third-order valence-electron chi connectivity index (χ3n) is 5.30. The molecule has 27 heavy (non-hydrogen) atoms. The average molecular weight is 389 g/mol. The van der Waals surface area contributed by atoms with Crippen LogP contribution in [0.5, 0.6) is 0 Å². The number of aryl methyl sites for hydroxylation is 2. The molecule has 0 saturated carbocycles. The van der Waals surface area contributed by atoms with Crippen LogP contribution in [0.1, 0.15) is 23.9 Å². The molecule has 3 heterocycles. The summed E-state index contributed by atoms with van der Waals surface area (Å²) in [5.74, 6) is -0.502. The summed E-state index contributed by atoms with van der Waals surface area (Å²) < 4.78 is 7.01. The third kappa shape index (κ3) is 3.25. The highest BCUT2D eigenvalue weighted by Gasteiger charge is 2.37. The van der Waals surface area contributed by atoms with Crippen LogP contribution in [-0.2, 0) is 34.2 Å². The number of likely N-dealkylation sites (tertiary alicyclic amines) is 1. The summed E-state index contributed by atoms with van der Waals surface area (Å²) in [5.41, 5.74) is 3.14. The molecule has 0 bridgehead atoms. The van der Waals surface area contributed by atoms with E-state index in [0.29, 0.717) is 18.3 Å². The van der Waals surface area contributed by atoms with E-state index in [-0.39, 0.29) is 30.2 Å². The highest BCUT2D eigenvalue weighted by Crippen LogP contribution is 2.38. The summed E-state index contributed by atoms with van der Waals surface area (Å²) in [7, 11) is 3.55. The van der Waals surface area contributed by atoms with Crippen LogP contribution in [0.15, 0.2) is 6.20 Å². The fourth-order valence-electron chi connectivity index (χ4n) is 3.85. The molecule has 1 saturated heterocycles. The van der Waals surface area contributed by atoms with E-state index < -0.39 is 0 Å². The van der Waals surface area contributed by atoms with E-state index in [4.69, 9.17) is 4.74 Å². The maximum Gasteiger partial charge on any atom is 0.231 e. The van der Waals surface area contributed by atoms with Gasteiger partial charge in [0.2, 0.25) is 11.8 Å². The molecular weight excluding hydrogens is 366 g/mol. The van der Waals surface area contributed by atoms with Crippen LogP contribution in [0.3, 0.4) is 0 Å². The normalized spacial score (nSPS) is 19.7. The molecule has 2 aromatic heterocycles. The van der Waals surface area contributed by atoms with E-state index in [1.54, 1.807) is 12.0 Å². The van der Waals surface area contributed by atoms with Gasteiger partial charge in [0.25, 0.3) is 0 Å². The molecule has 0 spiro atoms. The number of anilines is 1. The second kappa shape index (κ2) is 7.05. The van der Waals surface area contributed by atoms with Crippen molar-refractivity contribution in [3.05, 3.63) is 16.8 Å². The lowest BCUT2D eigenvalue weighted by Gasteiger charge is -2.23. The van der Waals surface area contributed by atoms with Crippen LogP contribution < -0.4 is 5.32 Å². The smallest absolute Gasteiger partial charge is 0.231 e. The third-order valence-corrected chi connectivity index (χ3v) is 6.33. The fraction of sp³-hybridized carbons (Fsp3) is 0.556. The van der Waals surface area contributed by atoms with Gasteiger partial charge >= 0.3 is 0 Å². The van der Waals surface area contributed by atoms with E-state index in [1.807, 2.05) is 24.9 Å². The van der Waals surface area contributed by atoms with Gasteiger partial charge in [0.05, 0.1) is 30.5 Å². The zero-order chi connectivity index (χ0) is 19.1. The van der Waals surface area contributed by atoms with E-state index in [9.17, 15) is 9.59 Å². The molecule has 1 aliphatic carbocycles. The number of nitrogens with zero attached hydrogens (tertiary/aromatic N) is 4. The molecule has 144 valence electrons. The first kappa shape index (κ1) is 18.1. The Morgan fingerprint density at radius 1 is 1.48 bits per heavy atom. The molecule has 2 amide bonds. The van der Waals surface area contributed by atoms with Crippen molar-refractivity contribution in [2.24, 2.45) is 13.0 Å². The number of hydrogen-bond donors (Lipinski definition) is 1. The van der Waals surface area contributed by atoms with Gasteiger partial charge in [-0.15, -0.1) is 11.3 Å². The second-order valence-electron chi connectivity index (χ2n) is 7.16. The van der Waals surface area contributed by atoms with E-state index in [2.05, 4.69) is 15.4 Å². The van der Waals surface area contributed by atoms with Gasteiger partial charge in [0, 0.05) is 43.3 Å². The number of fused-ring (bicyclic) bond motifs is 3. The minimum absolute atomic E-state index is 0.00173. The predicted octanol–water partition coefficient (Wildman–Crippen LogP) is 1.46. The Balaban J connectivity index is 1.46. The number of methoxy groups -OCH3 is 1. The summed E-state index contributed by atoms with van der Waals surface area (Å²) in [6.45, 7) is 2.82. The highest BCUT2D eigenvalue weighted by atomic mass is 32.1. The average Bonchev–Trinajstić information content (AvgIpc) is 3.31. The number of thiazole rings is 1. The van der Waals surface area contributed by atoms with Crippen LogP contribution >= 0.6 is 11.3 Å². The quantitative estimate of drug-likeness (QED) is 0.836. The van der Waals surface area contributed by atoms with Crippen molar-refractivity contribution >= 4 is 28.3 Å². The number of rotatable bonds is 5. The fourth-order valence-corrected chi connectivity index (χ4v) is 4.82. The molecule has 0 radical (unpaired) electrons. The molecule has 0 unspecified atom stereocenters. The lowest BCUT2D eigenvalue weighted by Crippen LogP contribution is -2.38. The van der Waals surface area contributed by atoms with Gasteiger partial charge in [-0.05, 0) is 19.8 Å². The van der Waals surface area contributed by atoms with Crippen molar-refractivity contribution in [2.75, 3.05) is 25.6 Å². The van der Waals surface area contributed by atoms with Gasteiger partial charge in [-0.25, -0.2) is 4.98 Å². The van der Waals surface area contributed by atoms with E-state index >= 15 is 0 Å². The maximum atomic E-state index is 12.7. The van der Waals surface area contributed by atoms with Gasteiger partial charge in [0.15, 0.2) is 5.13 Å². The Labute approximate surface area is 161 Å². The second-order valence-corrected chi connectivity index (χ2v) is 8.24. The number of aromatic nitrogens is 3. The van der Waals surface area contributed by atoms with Crippen molar-refractivity contribution in [1.29, 1.82) is 0 Å². The van der Waals surface area contributed by atoms with Crippen LogP contribution in [-0.4, -0.2) is 57.8 Å². The molecule has 2 aromatic rings. The molecular formula is C18H23N5O3S. The van der Waals surface area contributed by atoms with Crippen LogP contribution in [0.2, 0.25) is 0 Å². The van der Waals surface area contributed by atoms with E-state index in [0.717, 1.165) is 24.1 Å². The summed E-state index contributed by atoms with van der Waals surface area (Å²) in [6.07, 6.45) is 3.90. The van der Waals surface area contributed by atoms with Crippen molar-refractivity contribution in [2.45, 2.75) is 32.2 Å². The van der Waals surface area contributed by atoms with Gasteiger partial charge in [-0.3, -0.25) is 14.3 Å². The van der Waals surface area contributed by atoms with Crippen LogP contribution in [0.4, 0.5) is 5.13 Å². The Hall–Kier alpha value is -2.26. The molecule has 1 N–H and O–H groups in total. The van der Waals surface area contributed by atoms with Gasteiger partial charge in [-0.2, -0.15) is 5.10 Å². The Morgan fingerprint density at radius 3 is 3.07 bits per heavy atom. The summed E-state index contributed by atoms with van der Waals surface area (Å²) >= 11 is 1.51. The lowest BCUT2D eigenvalue weighted by molar-refractivity contribution is -0.130.